The average molecular weight is 365 g/mol. The van der Waals surface area contributed by atoms with Crippen LogP contribution in [0.5, 0.6) is 5.88 Å². The summed E-state index contributed by atoms with van der Waals surface area (Å²) >= 11 is 0. The molecule has 3 aromatic rings. The second-order valence-corrected chi connectivity index (χ2v) is 5.55. The van der Waals surface area contributed by atoms with Gasteiger partial charge in [0.2, 0.25) is 5.88 Å². The molecule has 0 aliphatic carbocycles. The largest absolute Gasteiger partial charge is 0.468 e. The van der Waals surface area contributed by atoms with Gasteiger partial charge >= 0.3 is 0 Å². The van der Waals surface area contributed by atoms with E-state index in [0.717, 1.165) is 0 Å². The number of carbonyl (C=O) groups is 2. The molecule has 2 amide bonds. The van der Waals surface area contributed by atoms with Crippen molar-refractivity contribution >= 4 is 23.2 Å². The zero-order chi connectivity index (χ0) is 19.1. The summed E-state index contributed by atoms with van der Waals surface area (Å²) in [5.41, 5.74) is 1.45. The minimum atomic E-state index is -0.387. The van der Waals surface area contributed by atoms with Gasteiger partial charge in [-0.3, -0.25) is 9.59 Å². The Morgan fingerprint density at radius 1 is 0.889 bits per heavy atom. The van der Waals surface area contributed by atoms with Crippen LogP contribution < -0.4 is 15.4 Å². The van der Waals surface area contributed by atoms with Gasteiger partial charge in [-0.2, -0.15) is 0 Å². The zero-order valence-corrected chi connectivity index (χ0v) is 14.2. The number of aromatic nitrogens is 1. The van der Waals surface area contributed by atoms with Crippen molar-refractivity contribution in [3.63, 3.8) is 0 Å². The summed E-state index contributed by atoms with van der Waals surface area (Å²) in [6, 6.07) is 17.5. The minimum absolute atomic E-state index is 0.205. The van der Waals surface area contributed by atoms with Gasteiger partial charge in [-0.05, 0) is 42.5 Å². The highest BCUT2D eigenvalue weighted by molar-refractivity contribution is 6.04. The number of nitrogens with zero attached hydrogens (tertiary/aromatic N) is 1. The molecule has 0 bridgehead atoms. The van der Waals surface area contributed by atoms with Gasteiger partial charge in [0.1, 0.15) is 5.82 Å². The van der Waals surface area contributed by atoms with E-state index in [9.17, 15) is 14.0 Å². The third-order valence-corrected chi connectivity index (χ3v) is 3.51. The number of anilines is 2. The fraction of sp³-hybridized carbons (Fsp3) is 0.0500. The van der Waals surface area contributed by atoms with E-state index in [1.807, 2.05) is 18.2 Å². The number of amides is 2. The first-order valence-electron chi connectivity index (χ1n) is 8.11. The molecule has 6 nitrogen and oxygen atoms in total. The number of benzene rings is 2. The summed E-state index contributed by atoms with van der Waals surface area (Å²) in [7, 11) is 0. The van der Waals surface area contributed by atoms with Crippen molar-refractivity contribution in [1.82, 2.24) is 4.98 Å². The van der Waals surface area contributed by atoms with E-state index < -0.39 is 0 Å². The lowest BCUT2D eigenvalue weighted by Crippen LogP contribution is -2.20. The van der Waals surface area contributed by atoms with E-state index in [-0.39, 0.29) is 30.1 Å². The minimum Gasteiger partial charge on any atom is -0.468 e. The maximum Gasteiger partial charge on any atom is 0.262 e. The summed E-state index contributed by atoms with van der Waals surface area (Å²) in [5, 5.41) is 5.32. The quantitative estimate of drug-likeness (QED) is 0.701. The first kappa shape index (κ1) is 18.1. The molecule has 27 heavy (non-hydrogen) atoms. The predicted octanol–water partition coefficient (Wildman–Crippen LogP) is 3.49. The highest BCUT2D eigenvalue weighted by Gasteiger charge is 2.09. The molecule has 0 saturated carbocycles. The molecule has 0 unspecified atom stereocenters. The van der Waals surface area contributed by atoms with Crippen molar-refractivity contribution in [2.45, 2.75) is 0 Å². The van der Waals surface area contributed by atoms with Crippen molar-refractivity contribution < 1.29 is 18.7 Å². The Balaban J connectivity index is 1.51. The molecule has 2 aromatic carbocycles. The summed E-state index contributed by atoms with van der Waals surface area (Å²) in [6.45, 7) is -0.205. The van der Waals surface area contributed by atoms with Gasteiger partial charge in [0.25, 0.3) is 11.8 Å². The molecule has 0 saturated heterocycles. The van der Waals surface area contributed by atoms with Crippen molar-refractivity contribution in [2.24, 2.45) is 0 Å². The molecule has 0 spiro atoms. The molecular formula is C20H16FN3O3. The van der Waals surface area contributed by atoms with Gasteiger partial charge in [-0.25, -0.2) is 9.37 Å². The summed E-state index contributed by atoms with van der Waals surface area (Å²) in [6.07, 6.45) is 1.34. The Morgan fingerprint density at radius 3 is 2.26 bits per heavy atom. The maximum absolute atomic E-state index is 12.9. The van der Waals surface area contributed by atoms with Gasteiger partial charge in [0.05, 0.1) is 5.56 Å². The van der Waals surface area contributed by atoms with Crippen molar-refractivity contribution in [1.29, 1.82) is 0 Å². The Bertz CT molecular complexity index is 913. The van der Waals surface area contributed by atoms with Crippen molar-refractivity contribution in [2.75, 3.05) is 17.2 Å². The van der Waals surface area contributed by atoms with Gasteiger partial charge in [-0.15, -0.1) is 0 Å². The van der Waals surface area contributed by atoms with Crippen LogP contribution in [0.15, 0.2) is 72.9 Å². The number of nitrogens with one attached hydrogen (secondary N) is 2. The van der Waals surface area contributed by atoms with Crippen LogP contribution in [0.1, 0.15) is 10.4 Å². The SMILES string of the molecule is O=C(COc1ccc(C(=O)Nc2ccc(F)cc2)cn1)Nc1ccccc1. The van der Waals surface area contributed by atoms with Gasteiger partial charge < -0.3 is 15.4 Å². The van der Waals surface area contributed by atoms with E-state index in [1.165, 1.54) is 42.6 Å². The predicted molar refractivity (Wildman–Crippen MR) is 99.2 cm³/mol. The summed E-state index contributed by atoms with van der Waals surface area (Å²) in [5.74, 6) is -0.868. The maximum atomic E-state index is 12.9. The number of ether oxygens (including phenoxy) is 1. The molecule has 0 aliphatic rings. The zero-order valence-electron chi connectivity index (χ0n) is 14.2. The van der Waals surface area contributed by atoms with Crippen LogP contribution in [-0.2, 0) is 4.79 Å². The number of carbonyl (C=O) groups excluding carboxylic acids is 2. The van der Waals surface area contributed by atoms with Gasteiger partial charge in [-0.1, -0.05) is 18.2 Å². The summed E-state index contributed by atoms with van der Waals surface area (Å²) in [4.78, 5) is 28.0. The van der Waals surface area contributed by atoms with Crippen LogP contribution in [0.2, 0.25) is 0 Å². The van der Waals surface area contributed by atoms with E-state index in [0.29, 0.717) is 16.9 Å². The lowest BCUT2D eigenvalue weighted by Gasteiger charge is -2.08. The fourth-order valence-electron chi connectivity index (χ4n) is 2.19. The molecule has 0 atom stereocenters. The van der Waals surface area contributed by atoms with Crippen molar-refractivity contribution in [3.05, 3.63) is 84.3 Å². The number of hydrogen-bond acceptors (Lipinski definition) is 4. The highest BCUT2D eigenvalue weighted by Crippen LogP contribution is 2.12. The Labute approximate surface area is 155 Å². The van der Waals surface area contributed by atoms with Crippen LogP contribution in [0.25, 0.3) is 0 Å². The molecule has 7 heteroatoms. The van der Waals surface area contributed by atoms with E-state index in [2.05, 4.69) is 15.6 Å². The third kappa shape index (κ3) is 5.37. The number of hydrogen-bond donors (Lipinski definition) is 2. The number of pyridine rings is 1. The fourth-order valence-corrected chi connectivity index (χ4v) is 2.19. The Hall–Kier alpha value is -3.74. The van der Waals surface area contributed by atoms with Crippen LogP contribution >= 0.6 is 0 Å². The topological polar surface area (TPSA) is 80.3 Å². The van der Waals surface area contributed by atoms with Crippen LogP contribution in [0, 0.1) is 5.82 Å². The van der Waals surface area contributed by atoms with E-state index in [4.69, 9.17) is 4.74 Å². The second kappa shape index (κ2) is 8.57. The standard InChI is InChI=1S/C20H16FN3O3/c21-15-7-9-17(10-8-15)24-20(26)14-6-11-19(22-12-14)27-13-18(25)23-16-4-2-1-3-5-16/h1-12H,13H2,(H,23,25)(H,24,26). The molecule has 2 N–H and O–H groups in total. The Morgan fingerprint density at radius 2 is 1.59 bits per heavy atom. The van der Waals surface area contributed by atoms with Crippen LogP contribution in [0.4, 0.5) is 15.8 Å². The molecular weight excluding hydrogens is 349 g/mol. The monoisotopic (exact) mass is 365 g/mol. The van der Waals surface area contributed by atoms with Gasteiger partial charge in [0, 0.05) is 23.6 Å². The molecule has 0 aliphatic heterocycles. The molecule has 0 fully saturated rings. The second-order valence-electron chi connectivity index (χ2n) is 5.55. The van der Waals surface area contributed by atoms with Crippen LogP contribution in [0.3, 0.4) is 0 Å². The number of rotatable bonds is 6. The molecule has 136 valence electrons. The number of halogens is 1. The first-order chi connectivity index (χ1) is 13.1. The smallest absolute Gasteiger partial charge is 0.262 e. The van der Waals surface area contributed by atoms with Gasteiger partial charge in [0.15, 0.2) is 6.61 Å². The normalized spacial score (nSPS) is 10.1. The molecule has 1 heterocycles. The average Bonchev–Trinajstić information content (AvgIpc) is 2.69. The third-order valence-electron chi connectivity index (χ3n) is 3.51. The first-order valence-corrected chi connectivity index (χ1v) is 8.11. The highest BCUT2D eigenvalue weighted by atomic mass is 19.1. The molecule has 0 radical (unpaired) electrons. The van der Waals surface area contributed by atoms with E-state index >= 15 is 0 Å². The van der Waals surface area contributed by atoms with E-state index in [1.54, 1.807) is 12.1 Å². The van der Waals surface area contributed by atoms with Crippen LogP contribution in [-0.4, -0.2) is 23.4 Å². The van der Waals surface area contributed by atoms with Crippen molar-refractivity contribution in [3.8, 4) is 5.88 Å². The molecule has 1 aromatic heterocycles. The lowest BCUT2D eigenvalue weighted by molar-refractivity contribution is -0.118. The Kier molecular flexibility index (Phi) is 5.73. The summed E-state index contributed by atoms with van der Waals surface area (Å²) < 4.78 is 18.2. The lowest BCUT2D eigenvalue weighted by atomic mass is 10.2. The molecule has 3 rings (SSSR count). The number of para-hydroxylation sites is 1.